The molecule has 2 nitrogen and oxygen atoms in total. The van der Waals surface area contributed by atoms with Gasteiger partial charge in [0.1, 0.15) is 5.03 Å². The molecule has 1 aromatic carbocycles. The fourth-order valence-corrected chi connectivity index (χ4v) is 2.52. The Balaban J connectivity index is 2.15. The predicted octanol–water partition coefficient (Wildman–Crippen LogP) is 3.26. The van der Waals surface area contributed by atoms with E-state index < -0.39 is 0 Å². The number of aryl methyl sites for hydroxylation is 1. The van der Waals surface area contributed by atoms with Crippen molar-refractivity contribution in [3.05, 3.63) is 53.7 Å². The Hall–Kier alpha value is -1.32. The van der Waals surface area contributed by atoms with E-state index in [1.54, 1.807) is 11.8 Å². The summed E-state index contributed by atoms with van der Waals surface area (Å²) in [6.07, 6.45) is 1.82. The van der Waals surface area contributed by atoms with Crippen molar-refractivity contribution in [3.8, 4) is 0 Å². The maximum Gasteiger partial charge on any atom is 0.101 e. The van der Waals surface area contributed by atoms with Gasteiger partial charge in [0.2, 0.25) is 0 Å². The first-order valence-corrected chi connectivity index (χ1v) is 6.44. The summed E-state index contributed by atoms with van der Waals surface area (Å²) in [4.78, 5) is 5.55. The highest BCUT2D eigenvalue weighted by Gasteiger charge is 2.01. The first kappa shape index (κ1) is 12.1. The summed E-state index contributed by atoms with van der Waals surface area (Å²) in [5.41, 5.74) is 2.66. The Kier molecular flexibility index (Phi) is 4.18. The third-order valence-electron chi connectivity index (χ3n) is 2.54. The molecule has 0 atom stereocenters. The van der Waals surface area contributed by atoms with Gasteiger partial charge in [-0.2, -0.15) is 0 Å². The highest BCUT2D eigenvalue weighted by atomic mass is 32.2. The van der Waals surface area contributed by atoms with Gasteiger partial charge in [0.25, 0.3) is 0 Å². The molecular formula is C14H16N2S. The summed E-state index contributed by atoms with van der Waals surface area (Å²) in [6.45, 7) is 3.07. The molecule has 0 amide bonds. The van der Waals surface area contributed by atoms with E-state index in [1.165, 1.54) is 16.0 Å². The van der Waals surface area contributed by atoms with Crippen molar-refractivity contribution >= 4 is 11.8 Å². The van der Waals surface area contributed by atoms with Crippen LogP contribution in [0, 0.1) is 6.92 Å². The molecule has 88 valence electrons. The molecule has 0 saturated heterocycles. The second kappa shape index (κ2) is 5.84. The van der Waals surface area contributed by atoms with Gasteiger partial charge in [0.15, 0.2) is 0 Å². The van der Waals surface area contributed by atoms with Crippen molar-refractivity contribution in [1.29, 1.82) is 0 Å². The van der Waals surface area contributed by atoms with Gasteiger partial charge in [0.05, 0.1) is 0 Å². The van der Waals surface area contributed by atoms with Crippen LogP contribution in [0.5, 0.6) is 0 Å². The maximum absolute atomic E-state index is 4.31. The van der Waals surface area contributed by atoms with Crippen molar-refractivity contribution in [2.45, 2.75) is 23.4 Å². The van der Waals surface area contributed by atoms with E-state index in [0.29, 0.717) is 0 Å². The van der Waals surface area contributed by atoms with Crippen LogP contribution in [0.3, 0.4) is 0 Å². The van der Waals surface area contributed by atoms with Crippen LogP contribution in [-0.2, 0) is 6.54 Å². The van der Waals surface area contributed by atoms with Crippen LogP contribution >= 0.6 is 11.8 Å². The Bertz CT molecular complexity index is 483. The SMILES string of the molecule is CNCc1ccc(Sc2ccccn2)cc1C. The Morgan fingerprint density at radius 2 is 2.12 bits per heavy atom. The smallest absolute Gasteiger partial charge is 0.101 e. The normalized spacial score (nSPS) is 10.5. The molecule has 1 heterocycles. The van der Waals surface area contributed by atoms with Gasteiger partial charge in [-0.05, 0) is 49.4 Å². The number of benzene rings is 1. The molecule has 0 saturated carbocycles. The number of pyridine rings is 1. The average Bonchev–Trinajstić information content (AvgIpc) is 2.34. The zero-order valence-corrected chi connectivity index (χ0v) is 10.9. The van der Waals surface area contributed by atoms with Gasteiger partial charge in [-0.3, -0.25) is 0 Å². The fourth-order valence-electron chi connectivity index (χ4n) is 1.65. The van der Waals surface area contributed by atoms with Crippen LogP contribution < -0.4 is 5.32 Å². The largest absolute Gasteiger partial charge is 0.316 e. The number of nitrogens with one attached hydrogen (secondary N) is 1. The van der Waals surface area contributed by atoms with E-state index in [1.807, 2.05) is 31.4 Å². The lowest BCUT2D eigenvalue weighted by Crippen LogP contribution is -2.06. The third kappa shape index (κ3) is 3.32. The van der Waals surface area contributed by atoms with Crippen LogP contribution in [0.2, 0.25) is 0 Å². The molecule has 1 aromatic heterocycles. The third-order valence-corrected chi connectivity index (χ3v) is 3.48. The Morgan fingerprint density at radius 3 is 2.76 bits per heavy atom. The van der Waals surface area contributed by atoms with Crippen molar-refractivity contribution in [2.24, 2.45) is 0 Å². The molecule has 2 aromatic rings. The lowest BCUT2D eigenvalue weighted by atomic mass is 10.1. The number of nitrogens with zero attached hydrogens (tertiary/aromatic N) is 1. The molecule has 0 radical (unpaired) electrons. The molecule has 17 heavy (non-hydrogen) atoms. The topological polar surface area (TPSA) is 24.9 Å². The van der Waals surface area contributed by atoms with E-state index in [4.69, 9.17) is 0 Å². The number of hydrogen-bond donors (Lipinski definition) is 1. The van der Waals surface area contributed by atoms with Crippen LogP contribution in [0.15, 0.2) is 52.5 Å². The van der Waals surface area contributed by atoms with E-state index in [2.05, 4.69) is 35.4 Å². The second-order valence-electron chi connectivity index (χ2n) is 3.89. The van der Waals surface area contributed by atoms with Crippen LogP contribution in [0.4, 0.5) is 0 Å². The van der Waals surface area contributed by atoms with Crippen molar-refractivity contribution in [1.82, 2.24) is 10.3 Å². The lowest BCUT2D eigenvalue weighted by Gasteiger charge is -2.07. The second-order valence-corrected chi connectivity index (χ2v) is 4.98. The van der Waals surface area contributed by atoms with Crippen molar-refractivity contribution in [3.63, 3.8) is 0 Å². The summed E-state index contributed by atoms with van der Waals surface area (Å²) in [5, 5.41) is 4.21. The van der Waals surface area contributed by atoms with Crippen LogP contribution in [0.25, 0.3) is 0 Å². The predicted molar refractivity (Wildman–Crippen MR) is 72.3 cm³/mol. The van der Waals surface area contributed by atoms with Gasteiger partial charge >= 0.3 is 0 Å². The molecule has 0 fully saturated rings. The molecule has 0 unspecified atom stereocenters. The number of hydrogen-bond acceptors (Lipinski definition) is 3. The van der Waals surface area contributed by atoms with Crippen molar-refractivity contribution in [2.75, 3.05) is 7.05 Å². The standard InChI is InChI=1S/C14H16N2S/c1-11-9-13(7-6-12(11)10-15-2)17-14-5-3-4-8-16-14/h3-9,15H,10H2,1-2H3. The highest BCUT2D eigenvalue weighted by molar-refractivity contribution is 7.99. The van der Waals surface area contributed by atoms with Crippen LogP contribution in [-0.4, -0.2) is 12.0 Å². The molecule has 0 aliphatic carbocycles. The van der Waals surface area contributed by atoms with Crippen molar-refractivity contribution < 1.29 is 0 Å². The first-order valence-electron chi connectivity index (χ1n) is 5.62. The fraction of sp³-hybridized carbons (Fsp3) is 0.214. The molecular weight excluding hydrogens is 228 g/mol. The Morgan fingerprint density at radius 1 is 1.24 bits per heavy atom. The number of aromatic nitrogens is 1. The molecule has 3 heteroatoms. The molecule has 1 N–H and O–H groups in total. The van der Waals surface area contributed by atoms with Gasteiger partial charge < -0.3 is 5.32 Å². The zero-order chi connectivity index (χ0) is 12.1. The van der Waals surface area contributed by atoms with Gasteiger partial charge in [-0.15, -0.1) is 0 Å². The zero-order valence-electron chi connectivity index (χ0n) is 10.1. The monoisotopic (exact) mass is 244 g/mol. The lowest BCUT2D eigenvalue weighted by molar-refractivity contribution is 0.811. The quantitative estimate of drug-likeness (QED) is 0.893. The van der Waals surface area contributed by atoms with Crippen LogP contribution in [0.1, 0.15) is 11.1 Å². The van der Waals surface area contributed by atoms with E-state index in [-0.39, 0.29) is 0 Å². The summed E-state index contributed by atoms with van der Waals surface area (Å²) >= 11 is 1.70. The van der Waals surface area contributed by atoms with Gasteiger partial charge in [0, 0.05) is 17.6 Å². The van der Waals surface area contributed by atoms with Gasteiger partial charge in [-0.25, -0.2) is 4.98 Å². The highest BCUT2D eigenvalue weighted by Crippen LogP contribution is 2.27. The number of rotatable bonds is 4. The summed E-state index contributed by atoms with van der Waals surface area (Å²) < 4.78 is 0. The summed E-state index contributed by atoms with van der Waals surface area (Å²) in [5.74, 6) is 0. The summed E-state index contributed by atoms with van der Waals surface area (Å²) in [7, 11) is 1.97. The molecule has 0 aliphatic rings. The minimum Gasteiger partial charge on any atom is -0.316 e. The van der Waals surface area contributed by atoms with E-state index >= 15 is 0 Å². The average molecular weight is 244 g/mol. The maximum atomic E-state index is 4.31. The van der Waals surface area contributed by atoms with Gasteiger partial charge in [-0.1, -0.05) is 23.9 Å². The molecule has 0 spiro atoms. The summed E-state index contributed by atoms with van der Waals surface area (Å²) in [6, 6.07) is 12.5. The molecule has 0 aliphatic heterocycles. The Labute approximate surface area is 106 Å². The minimum absolute atomic E-state index is 0.917. The molecule has 0 bridgehead atoms. The van der Waals surface area contributed by atoms with E-state index in [9.17, 15) is 0 Å². The minimum atomic E-state index is 0.917. The molecule has 2 rings (SSSR count). The van der Waals surface area contributed by atoms with E-state index in [0.717, 1.165) is 11.6 Å². The first-order chi connectivity index (χ1) is 8.29.